The standard InChI is InChI=1S/C8H12O6/c1-6(9)12-3-4-13-8(11)5-14-7(2)10/h3-5H2,1-2H3. The van der Waals surface area contributed by atoms with Gasteiger partial charge in [-0.3, -0.25) is 9.59 Å². The van der Waals surface area contributed by atoms with Gasteiger partial charge < -0.3 is 14.2 Å². The van der Waals surface area contributed by atoms with Gasteiger partial charge in [0.15, 0.2) is 6.61 Å². The minimum atomic E-state index is -0.674. The molecule has 0 amide bonds. The van der Waals surface area contributed by atoms with Crippen LogP contribution in [0, 0.1) is 0 Å². The number of hydrogen-bond donors (Lipinski definition) is 0. The smallest absolute Gasteiger partial charge is 0.344 e. The van der Waals surface area contributed by atoms with Crippen LogP contribution < -0.4 is 0 Å². The first kappa shape index (κ1) is 12.4. The lowest BCUT2D eigenvalue weighted by molar-refractivity contribution is -0.159. The van der Waals surface area contributed by atoms with E-state index in [2.05, 4.69) is 14.2 Å². The fraction of sp³-hybridized carbons (Fsp3) is 0.625. The second-order valence-electron chi connectivity index (χ2n) is 2.34. The van der Waals surface area contributed by atoms with E-state index in [1.807, 2.05) is 0 Å². The van der Waals surface area contributed by atoms with Crippen LogP contribution in [0.2, 0.25) is 0 Å². The molecule has 0 atom stereocenters. The summed E-state index contributed by atoms with van der Waals surface area (Å²) in [6.45, 7) is 1.98. The van der Waals surface area contributed by atoms with Crippen molar-refractivity contribution in [2.75, 3.05) is 19.8 Å². The van der Waals surface area contributed by atoms with Gasteiger partial charge in [0.25, 0.3) is 0 Å². The number of rotatable bonds is 5. The Hall–Kier alpha value is -1.59. The molecule has 0 bridgehead atoms. The summed E-state index contributed by atoms with van der Waals surface area (Å²) in [5, 5.41) is 0. The molecule has 0 aromatic carbocycles. The van der Waals surface area contributed by atoms with Crippen molar-refractivity contribution >= 4 is 17.9 Å². The molecule has 0 saturated carbocycles. The van der Waals surface area contributed by atoms with Crippen molar-refractivity contribution in [1.29, 1.82) is 0 Å². The number of hydrogen-bond acceptors (Lipinski definition) is 6. The molecule has 0 aromatic heterocycles. The first-order valence-corrected chi connectivity index (χ1v) is 3.94. The third-order valence-corrected chi connectivity index (χ3v) is 1.04. The summed E-state index contributed by atoms with van der Waals surface area (Å²) in [4.78, 5) is 31.3. The lowest BCUT2D eigenvalue weighted by Crippen LogP contribution is -2.17. The van der Waals surface area contributed by atoms with Gasteiger partial charge in [-0.2, -0.15) is 0 Å². The van der Waals surface area contributed by atoms with Gasteiger partial charge in [0.2, 0.25) is 0 Å². The monoisotopic (exact) mass is 204 g/mol. The molecule has 0 saturated heterocycles. The van der Waals surface area contributed by atoms with Gasteiger partial charge in [-0.1, -0.05) is 0 Å². The highest BCUT2D eigenvalue weighted by Crippen LogP contribution is 1.84. The average molecular weight is 204 g/mol. The molecule has 0 aliphatic rings. The predicted octanol–water partition coefficient (Wildman–Crippen LogP) is -0.344. The topological polar surface area (TPSA) is 78.9 Å². The molecule has 0 unspecified atom stereocenters. The summed E-state index contributed by atoms with van der Waals surface area (Å²) in [6.07, 6.45) is 0. The van der Waals surface area contributed by atoms with Gasteiger partial charge in [0, 0.05) is 13.8 Å². The minimum absolute atomic E-state index is 0.00114. The Morgan fingerprint density at radius 2 is 1.36 bits per heavy atom. The van der Waals surface area contributed by atoms with Crippen LogP contribution in [0.1, 0.15) is 13.8 Å². The van der Waals surface area contributed by atoms with Crippen LogP contribution in [-0.4, -0.2) is 37.7 Å². The average Bonchev–Trinajstić information content (AvgIpc) is 2.08. The predicted molar refractivity (Wildman–Crippen MR) is 44.2 cm³/mol. The summed E-state index contributed by atoms with van der Waals surface area (Å²) in [5.74, 6) is -1.67. The van der Waals surface area contributed by atoms with E-state index >= 15 is 0 Å². The lowest BCUT2D eigenvalue weighted by Gasteiger charge is -2.04. The third-order valence-electron chi connectivity index (χ3n) is 1.04. The number of esters is 3. The quantitative estimate of drug-likeness (QED) is 0.346. The van der Waals surface area contributed by atoms with Gasteiger partial charge in [-0.05, 0) is 0 Å². The number of carbonyl (C=O) groups excluding carboxylic acids is 3. The Kier molecular flexibility index (Phi) is 6.09. The van der Waals surface area contributed by atoms with Crippen LogP contribution in [0.3, 0.4) is 0 Å². The molecule has 0 fully saturated rings. The summed E-state index contributed by atoms with van der Waals surface area (Å²) < 4.78 is 13.4. The van der Waals surface area contributed by atoms with Gasteiger partial charge in [-0.15, -0.1) is 0 Å². The molecule has 0 spiro atoms. The summed E-state index contributed by atoms with van der Waals surface area (Å²) in [7, 11) is 0. The van der Waals surface area contributed by atoms with Crippen molar-refractivity contribution in [2.24, 2.45) is 0 Å². The van der Waals surface area contributed by atoms with E-state index in [0.29, 0.717) is 0 Å². The Bertz CT molecular complexity index is 222. The molecule has 80 valence electrons. The first-order chi connectivity index (χ1) is 6.52. The van der Waals surface area contributed by atoms with Crippen molar-refractivity contribution in [1.82, 2.24) is 0 Å². The Labute approximate surface area is 81.1 Å². The highest BCUT2D eigenvalue weighted by Gasteiger charge is 2.04. The van der Waals surface area contributed by atoms with Crippen LogP contribution in [0.4, 0.5) is 0 Å². The summed E-state index contributed by atoms with van der Waals surface area (Å²) >= 11 is 0. The van der Waals surface area contributed by atoms with Crippen LogP contribution in [-0.2, 0) is 28.6 Å². The van der Waals surface area contributed by atoms with Crippen molar-refractivity contribution in [2.45, 2.75) is 13.8 Å². The minimum Gasteiger partial charge on any atom is -0.462 e. The van der Waals surface area contributed by atoms with Crippen LogP contribution in [0.15, 0.2) is 0 Å². The molecule has 6 heteroatoms. The van der Waals surface area contributed by atoms with E-state index in [1.54, 1.807) is 0 Å². The molecule has 0 radical (unpaired) electrons. The number of ether oxygens (including phenoxy) is 3. The molecule has 14 heavy (non-hydrogen) atoms. The fourth-order valence-electron chi connectivity index (χ4n) is 0.543. The van der Waals surface area contributed by atoms with E-state index in [0.717, 1.165) is 0 Å². The zero-order valence-electron chi connectivity index (χ0n) is 8.07. The Balaban J connectivity index is 3.36. The fourth-order valence-corrected chi connectivity index (χ4v) is 0.543. The lowest BCUT2D eigenvalue weighted by atomic mass is 10.7. The van der Waals surface area contributed by atoms with Crippen molar-refractivity contribution in [3.05, 3.63) is 0 Å². The van der Waals surface area contributed by atoms with Crippen LogP contribution in [0.25, 0.3) is 0 Å². The van der Waals surface area contributed by atoms with E-state index in [1.165, 1.54) is 13.8 Å². The molecular formula is C8H12O6. The highest BCUT2D eigenvalue weighted by atomic mass is 16.6. The van der Waals surface area contributed by atoms with Crippen molar-refractivity contribution in [3.63, 3.8) is 0 Å². The molecular weight excluding hydrogens is 192 g/mol. The maximum absolute atomic E-state index is 10.8. The van der Waals surface area contributed by atoms with Gasteiger partial charge in [0.05, 0.1) is 0 Å². The van der Waals surface area contributed by atoms with E-state index < -0.39 is 24.5 Å². The molecule has 0 rings (SSSR count). The summed E-state index contributed by atoms with van der Waals surface area (Å²) in [6, 6.07) is 0. The maximum atomic E-state index is 10.8. The van der Waals surface area contributed by atoms with Crippen molar-refractivity contribution in [3.8, 4) is 0 Å². The number of carbonyl (C=O) groups is 3. The van der Waals surface area contributed by atoms with Crippen LogP contribution in [0.5, 0.6) is 0 Å². The molecule has 0 heterocycles. The third kappa shape index (κ3) is 8.51. The largest absolute Gasteiger partial charge is 0.462 e. The Morgan fingerprint density at radius 1 is 0.857 bits per heavy atom. The first-order valence-electron chi connectivity index (χ1n) is 3.94. The molecule has 0 aromatic rings. The second kappa shape index (κ2) is 6.88. The van der Waals surface area contributed by atoms with Gasteiger partial charge in [0.1, 0.15) is 13.2 Å². The molecule has 0 aliphatic carbocycles. The zero-order chi connectivity index (χ0) is 11.0. The van der Waals surface area contributed by atoms with E-state index in [4.69, 9.17) is 0 Å². The van der Waals surface area contributed by atoms with Gasteiger partial charge in [-0.25, -0.2) is 4.79 Å². The van der Waals surface area contributed by atoms with Crippen LogP contribution >= 0.6 is 0 Å². The SMILES string of the molecule is CC(=O)OCCOC(=O)COC(C)=O. The van der Waals surface area contributed by atoms with Gasteiger partial charge >= 0.3 is 17.9 Å². The zero-order valence-corrected chi connectivity index (χ0v) is 8.07. The summed E-state index contributed by atoms with van der Waals surface area (Å²) in [5.41, 5.74) is 0. The Morgan fingerprint density at radius 3 is 1.86 bits per heavy atom. The van der Waals surface area contributed by atoms with E-state index in [9.17, 15) is 14.4 Å². The molecule has 0 N–H and O–H groups in total. The van der Waals surface area contributed by atoms with Crippen molar-refractivity contribution < 1.29 is 28.6 Å². The molecule has 0 aliphatic heterocycles. The highest BCUT2D eigenvalue weighted by molar-refractivity contribution is 5.75. The second-order valence-corrected chi connectivity index (χ2v) is 2.34. The maximum Gasteiger partial charge on any atom is 0.344 e. The van der Waals surface area contributed by atoms with E-state index in [-0.39, 0.29) is 13.2 Å². The normalized spacial score (nSPS) is 9.00. The molecule has 6 nitrogen and oxygen atoms in total.